The number of aryl methyl sites for hydroxylation is 2. The Bertz CT molecular complexity index is 1780. The Morgan fingerprint density at radius 3 is 2.37 bits per heavy atom. The van der Waals surface area contributed by atoms with Crippen molar-refractivity contribution in [2.75, 3.05) is 44.6 Å². The maximum absolute atomic E-state index is 13.4. The third-order valence-corrected chi connectivity index (χ3v) is 11.3. The summed E-state index contributed by atoms with van der Waals surface area (Å²) < 4.78 is 42.5. The highest BCUT2D eigenvalue weighted by Gasteiger charge is 2.31. The van der Waals surface area contributed by atoms with Crippen LogP contribution in [-0.4, -0.2) is 98.7 Å². The monoisotopic (exact) mass is 721 g/mol. The molecule has 3 N–H and O–H groups in total. The highest BCUT2D eigenvalue weighted by atomic mass is 19.4. The number of likely N-dealkylation sites (tertiary alicyclic amines) is 1. The van der Waals surface area contributed by atoms with Gasteiger partial charge in [0.1, 0.15) is 23.9 Å². The summed E-state index contributed by atoms with van der Waals surface area (Å²) >= 11 is 0. The number of nitrogens with two attached hydrogens (primary N) is 1. The van der Waals surface area contributed by atoms with Gasteiger partial charge in [-0.3, -0.25) is 19.5 Å². The van der Waals surface area contributed by atoms with Crippen LogP contribution in [0.4, 0.5) is 19.0 Å². The van der Waals surface area contributed by atoms with Gasteiger partial charge in [0.2, 0.25) is 5.91 Å². The fraction of sp³-hybridized carbons (Fsp3) is 0.590. The molecule has 1 aromatic carbocycles. The molecule has 4 heterocycles. The van der Waals surface area contributed by atoms with E-state index in [0.717, 1.165) is 69.6 Å². The Morgan fingerprint density at radius 1 is 1.08 bits per heavy atom. The largest absolute Gasteiger partial charge is 0.392 e. The number of alkyl halides is 3. The molecular formula is C39H54F3N9O. The van der Waals surface area contributed by atoms with Crippen LogP contribution in [0.1, 0.15) is 81.5 Å². The van der Waals surface area contributed by atoms with Crippen LogP contribution in [0.2, 0.25) is 0 Å². The van der Waals surface area contributed by atoms with Crippen LogP contribution in [0.15, 0.2) is 30.1 Å². The van der Waals surface area contributed by atoms with Crippen molar-refractivity contribution >= 4 is 28.7 Å². The predicted molar refractivity (Wildman–Crippen MR) is 199 cm³/mol. The minimum Gasteiger partial charge on any atom is -0.368 e. The molecule has 3 aromatic rings. The normalized spacial score (nSPS) is 19.0. The Balaban J connectivity index is 1.22. The van der Waals surface area contributed by atoms with Gasteiger partial charge in [-0.25, -0.2) is 9.97 Å². The van der Waals surface area contributed by atoms with Gasteiger partial charge in [0.05, 0.1) is 18.2 Å². The van der Waals surface area contributed by atoms with Crippen molar-refractivity contribution in [2.24, 2.45) is 11.7 Å². The van der Waals surface area contributed by atoms with Gasteiger partial charge < -0.3 is 15.6 Å². The highest BCUT2D eigenvalue weighted by Crippen LogP contribution is 2.34. The number of fused-ring (bicyclic) bond motifs is 1. The fourth-order valence-electron chi connectivity index (χ4n) is 7.59. The van der Waals surface area contributed by atoms with Crippen LogP contribution in [0.5, 0.6) is 0 Å². The molecule has 1 amide bonds. The molecule has 2 aromatic heterocycles. The number of nitriles is 1. The molecule has 0 bridgehead atoms. The number of rotatable bonds is 13. The van der Waals surface area contributed by atoms with Crippen LogP contribution in [0, 0.1) is 31.1 Å². The molecule has 2 unspecified atom stereocenters. The van der Waals surface area contributed by atoms with E-state index in [4.69, 9.17) is 5.73 Å². The van der Waals surface area contributed by atoms with E-state index in [1.165, 1.54) is 17.5 Å². The maximum atomic E-state index is 13.4. The first kappa shape index (κ1) is 39.2. The molecule has 3 atom stereocenters. The summed E-state index contributed by atoms with van der Waals surface area (Å²) in [4.78, 5) is 27.4. The number of halogens is 3. The third kappa shape index (κ3) is 9.32. The van der Waals surface area contributed by atoms with E-state index in [-0.39, 0.29) is 30.0 Å². The Morgan fingerprint density at radius 2 is 1.75 bits per heavy atom. The number of amides is 1. The quantitative estimate of drug-likeness (QED) is 0.213. The van der Waals surface area contributed by atoms with Gasteiger partial charge in [0.15, 0.2) is 0 Å². The number of hydrogen-bond donors (Lipinski definition) is 2. The van der Waals surface area contributed by atoms with Crippen molar-refractivity contribution in [3.05, 3.63) is 58.2 Å². The molecule has 2 aliphatic rings. The van der Waals surface area contributed by atoms with Crippen molar-refractivity contribution in [1.29, 1.82) is 5.26 Å². The Hall–Kier alpha value is -3.99. The lowest BCUT2D eigenvalue weighted by Gasteiger charge is -2.40. The number of anilines is 1. The van der Waals surface area contributed by atoms with Crippen molar-refractivity contribution in [1.82, 2.24) is 29.2 Å². The number of nitrogens with one attached hydrogen (secondary N) is 1. The lowest BCUT2D eigenvalue weighted by Crippen LogP contribution is -2.55. The van der Waals surface area contributed by atoms with Crippen LogP contribution >= 0.6 is 0 Å². The standard InChI is InChI=1S/C39H54F3N9O/c1-7-25(2)31(20-39(40,41)42)18-35-28(5)45-24-46-38(35)47-32-10-12-48(13-11-32)23-30-8-9-36-34(27(30)4)19-33(21-43)51(36)22-26(3)49-14-16-50(17-15-49)29(6)37(44)52/h8-9,18-19,24-26,29,32H,7,10-17,20,22-23H2,1-6H3,(H2,44,52)(H,45,46,47)/b31-18-/t25?,26-,29?/m0/s1. The van der Waals surface area contributed by atoms with Gasteiger partial charge in [-0.1, -0.05) is 25.5 Å². The van der Waals surface area contributed by atoms with E-state index in [2.05, 4.69) is 66.6 Å². The number of piperazine rings is 1. The van der Waals surface area contributed by atoms with Crippen molar-refractivity contribution in [2.45, 2.75) is 105 Å². The summed E-state index contributed by atoms with van der Waals surface area (Å²) in [5, 5.41) is 14.7. The van der Waals surface area contributed by atoms with Gasteiger partial charge in [-0.05, 0) is 82.2 Å². The minimum atomic E-state index is -4.28. The molecule has 13 heteroatoms. The molecule has 2 fully saturated rings. The van der Waals surface area contributed by atoms with Gasteiger partial charge in [-0.2, -0.15) is 18.4 Å². The first-order valence-electron chi connectivity index (χ1n) is 18.6. The average molecular weight is 722 g/mol. The fourth-order valence-corrected chi connectivity index (χ4v) is 7.59. The number of benzene rings is 1. The zero-order valence-corrected chi connectivity index (χ0v) is 31.4. The summed E-state index contributed by atoms with van der Waals surface area (Å²) in [7, 11) is 0. The van der Waals surface area contributed by atoms with Gasteiger partial charge in [0.25, 0.3) is 0 Å². The Kier molecular flexibility index (Phi) is 12.7. The summed E-state index contributed by atoms with van der Waals surface area (Å²) in [5.74, 6) is 0.0810. The van der Waals surface area contributed by atoms with Crippen LogP contribution in [0.3, 0.4) is 0 Å². The van der Waals surface area contributed by atoms with Gasteiger partial charge in [0, 0.05) is 80.9 Å². The lowest BCUT2D eigenvalue weighted by atomic mass is 9.93. The van der Waals surface area contributed by atoms with E-state index in [1.807, 2.05) is 33.8 Å². The second-order valence-corrected chi connectivity index (χ2v) is 14.8. The SMILES string of the molecule is CCC(C)/C(=C\c1c(C)ncnc1NC1CCN(Cc2ccc3c(cc(C#N)n3C[C@H](C)N3CCN(C(C)C(N)=O)CC3)c2C)CC1)CC(F)(F)F. The molecule has 0 saturated carbocycles. The molecule has 5 rings (SSSR count). The molecule has 52 heavy (non-hydrogen) atoms. The molecule has 0 radical (unpaired) electrons. The number of piperidine rings is 1. The zero-order valence-electron chi connectivity index (χ0n) is 31.4. The molecule has 282 valence electrons. The number of carbonyl (C=O) groups excluding carboxylic acids is 1. The van der Waals surface area contributed by atoms with E-state index < -0.39 is 12.6 Å². The molecule has 2 saturated heterocycles. The number of carbonyl (C=O) groups is 1. The summed E-state index contributed by atoms with van der Waals surface area (Å²) in [6.07, 6.45) is 0.247. The summed E-state index contributed by atoms with van der Waals surface area (Å²) in [6.45, 7) is 18.2. The van der Waals surface area contributed by atoms with E-state index in [0.29, 0.717) is 41.3 Å². The lowest BCUT2D eigenvalue weighted by molar-refractivity contribution is -0.128. The number of allylic oxidation sites excluding steroid dienone is 1. The maximum Gasteiger partial charge on any atom is 0.392 e. The van der Waals surface area contributed by atoms with Crippen LogP contribution in [0.25, 0.3) is 17.0 Å². The van der Waals surface area contributed by atoms with Gasteiger partial charge >= 0.3 is 6.18 Å². The third-order valence-electron chi connectivity index (χ3n) is 11.3. The highest BCUT2D eigenvalue weighted by molar-refractivity contribution is 5.86. The number of nitrogens with zero attached hydrogens (tertiary/aromatic N) is 7. The first-order chi connectivity index (χ1) is 24.7. The smallest absolute Gasteiger partial charge is 0.368 e. The van der Waals surface area contributed by atoms with Crippen molar-refractivity contribution < 1.29 is 18.0 Å². The molecule has 10 nitrogen and oxygen atoms in total. The second kappa shape index (κ2) is 16.8. The van der Waals surface area contributed by atoms with Gasteiger partial charge in [-0.15, -0.1) is 0 Å². The number of hydrogen-bond acceptors (Lipinski definition) is 8. The van der Waals surface area contributed by atoms with E-state index >= 15 is 0 Å². The topological polar surface area (TPSA) is 119 Å². The summed E-state index contributed by atoms with van der Waals surface area (Å²) in [6, 6.07) is 8.84. The second-order valence-electron chi connectivity index (χ2n) is 14.8. The van der Waals surface area contributed by atoms with Crippen molar-refractivity contribution in [3.63, 3.8) is 0 Å². The average Bonchev–Trinajstić information content (AvgIpc) is 3.47. The minimum absolute atomic E-state index is 0.139. The zero-order chi connectivity index (χ0) is 37.7. The van der Waals surface area contributed by atoms with E-state index in [9.17, 15) is 23.2 Å². The molecule has 0 aliphatic carbocycles. The van der Waals surface area contributed by atoms with Crippen LogP contribution < -0.4 is 11.1 Å². The number of aromatic nitrogens is 3. The number of primary amides is 1. The van der Waals surface area contributed by atoms with Crippen LogP contribution in [-0.2, 0) is 17.9 Å². The molecular weight excluding hydrogens is 667 g/mol. The summed E-state index contributed by atoms with van der Waals surface area (Å²) in [5.41, 5.74) is 11.3. The molecule has 2 aliphatic heterocycles. The Labute approximate surface area is 305 Å². The van der Waals surface area contributed by atoms with Crippen molar-refractivity contribution in [3.8, 4) is 6.07 Å². The molecule has 0 spiro atoms. The predicted octanol–water partition coefficient (Wildman–Crippen LogP) is 6.26. The van der Waals surface area contributed by atoms with E-state index in [1.54, 1.807) is 6.08 Å². The first-order valence-corrected chi connectivity index (χ1v) is 18.6.